The van der Waals surface area contributed by atoms with Gasteiger partial charge in [-0.15, -0.1) is 6.58 Å². The maximum atomic E-state index is 14.4. The summed E-state index contributed by atoms with van der Waals surface area (Å²) in [6.45, 7) is 5.60. The van der Waals surface area contributed by atoms with Crippen LogP contribution in [-0.2, 0) is 30.4 Å². The van der Waals surface area contributed by atoms with Crippen molar-refractivity contribution in [1.82, 2.24) is 4.90 Å². The van der Waals surface area contributed by atoms with Gasteiger partial charge in [-0.05, 0) is 56.2 Å². The number of hydrogen-bond donors (Lipinski definition) is 2. The highest BCUT2D eigenvalue weighted by Crippen LogP contribution is 2.64. The summed E-state index contributed by atoms with van der Waals surface area (Å²) in [7, 11) is 0. The molecule has 0 bridgehead atoms. The first-order valence-electron chi connectivity index (χ1n) is 14.7. The van der Waals surface area contributed by atoms with E-state index in [1.807, 2.05) is 12.1 Å². The number of phenolic OH excluding ortho intramolecular Hbond substituents is 1. The summed E-state index contributed by atoms with van der Waals surface area (Å²) in [5, 5.41) is 20.6. The lowest BCUT2D eigenvalue weighted by molar-refractivity contribution is -0.142. The highest BCUT2D eigenvalue weighted by molar-refractivity contribution is 6.24. The van der Waals surface area contributed by atoms with Crippen LogP contribution in [0.2, 0.25) is 0 Å². The van der Waals surface area contributed by atoms with Crippen molar-refractivity contribution in [2.75, 3.05) is 11.4 Å². The molecule has 4 amide bonds. The Labute approximate surface area is 249 Å². The van der Waals surface area contributed by atoms with Crippen LogP contribution < -0.4 is 4.90 Å². The number of carbonyl (C=O) groups is 5. The van der Waals surface area contributed by atoms with E-state index in [0.717, 1.165) is 5.57 Å². The molecule has 2 aromatic carbocycles. The molecule has 6 rings (SSSR count). The molecule has 2 saturated heterocycles. The molecule has 2 aromatic rings. The van der Waals surface area contributed by atoms with Gasteiger partial charge in [0.1, 0.15) is 5.75 Å². The smallest absolute Gasteiger partial charge is 0.303 e. The van der Waals surface area contributed by atoms with Gasteiger partial charge >= 0.3 is 5.97 Å². The molecule has 0 spiro atoms. The average molecular weight is 583 g/mol. The number of carbonyl (C=O) groups excluding carboxylic acids is 4. The molecule has 6 atom stereocenters. The van der Waals surface area contributed by atoms with Crippen LogP contribution in [-0.4, -0.2) is 51.3 Å². The minimum Gasteiger partial charge on any atom is -0.507 e. The van der Waals surface area contributed by atoms with Crippen molar-refractivity contribution >= 4 is 35.3 Å². The number of para-hydroxylation sites is 2. The first-order chi connectivity index (χ1) is 20.6. The van der Waals surface area contributed by atoms with Crippen LogP contribution in [0, 0.1) is 29.1 Å². The number of aliphatic carboxylic acids is 1. The van der Waals surface area contributed by atoms with E-state index in [0.29, 0.717) is 23.2 Å². The van der Waals surface area contributed by atoms with E-state index < -0.39 is 41.0 Å². The number of carboxylic acid groups (broad SMARTS) is 1. The van der Waals surface area contributed by atoms with Gasteiger partial charge in [0.2, 0.25) is 23.6 Å². The molecule has 0 unspecified atom stereocenters. The summed E-state index contributed by atoms with van der Waals surface area (Å²) in [5.74, 6) is -5.73. The molecule has 9 nitrogen and oxygen atoms in total. The summed E-state index contributed by atoms with van der Waals surface area (Å²) in [6, 6.07) is 14.1. The van der Waals surface area contributed by atoms with Crippen molar-refractivity contribution in [3.05, 3.63) is 84.0 Å². The van der Waals surface area contributed by atoms with Crippen molar-refractivity contribution in [3.8, 4) is 5.75 Å². The van der Waals surface area contributed by atoms with E-state index in [4.69, 9.17) is 5.11 Å². The van der Waals surface area contributed by atoms with Gasteiger partial charge in [-0.25, -0.2) is 4.90 Å². The molecule has 2 aliphatic heterocycles. The summed E-state index contributed by atoms with van der Waals surface area (Å²) in [4.78, 5) is 69.3. The number of anilines is 1. The number of nitrogens with zero attached hydrogens (tertiary/aromatic N) is 2. The molecular formula is C34H34N2O7. The van der Waals surface area contributed by atoms with Crippen LogP contribution >= 0.6 is 0 Å². The third kappa shape index (κ3) is 4.24. The third-order valence-electron chi connectivity index (χ3n) is 9.98. The Hall–Kier alpha value is -4.53. The Morgan fingerprint density at radius 3 is 2.47 bits per heavy atom. The molecule has 3 fully saturated rings. The number of likely N-dealkylation sites (tertiary alicyclic amines) is 1. The van der Waals surface area contributed by atoms with Gasteiger partial charge in [-0.1, -0.05) is 54.1 Å². The number of carboxylic acids is 1. The maximum absolute atomic E-state index is 14.4. The Morgan fingerprint density at radius 1 is 1.02 bits per heavy atom. The fourth-order valence-corrected chi connectivity index (χ4v) is 8.02. The lowest BCUT2D eigenvalue weighted by Crippen LogP contribution is -2.49. The van der Waals surface area contributed by atoms with Crippen molar-refractivity contribution < 1.29 is 34.2 Å². The highest BCUT2D eigenvalue weighted by atomic mass is 16.4. The highest BCUT2D eigenvalue weighted by Gasteiger charge is 2.67. The van der Waals surface area contributed by atoms with Gasteiger partial charge in [0.15, 0.2) is 0 Å². The van der Waals surface area contributed by atoms with E-state index in [1.165, 1.54) is 9.80 Å². The molecule has 43 heavy (non-hydrogen) atoms. The topological polar surface area (TPSA) is 132 Å². The van der Waals surface area contributed by atoms with Crippen molar-refractivity contribution in [3.63, 3.8) is 0 Å². The van der Waals surface area contributed by atoms with Crippen molar-refractivity contribution in [2.45, 2.75) is 44.9 Å². The van der Waals surface area contributed by atoms with Crippen LogP contribution in [0.4, 0.5) is 5.69 Å². The molecule has 1 saturated carbocycles. The first-order valence-corrected chi connectivity index (χ1v) is 14.7. The van der Waals surface area contributed by atoms with Gasteiger partial charge in [-0.2, -0.15) is 0 Å². The lowest BCUT2D eigenvalue weighted by Gasteiger charge is -2.49. The average Bonchev–Trinajstić information content (AvgIpc) is 3.34. The number of rotatable bonds is 8. The van der Waals surface area contributed by atoms with Crippen LogP contribution in [0.15, 0.2) is 72.8 Å². The van der Waals surface area contributed by atoms with Gasteiger partial charge in [0.05, 0.1) is 28.9 Å². The van der Waals surface area contributed by atoms with E-state index in [-0.39, 0.29) is 61.6 Å². The summed E-state index contributed by atoms with van der Waals surface area (Å²) >= 11 is 0. The van der Waals surface area contributed by atoms with E-state index in [1.54, 1.807) is 55.5 Å². The van der Waals surface area contributed by atoms with Crippen LogP contribution in [0.3, 0.4) is 0 Å². The fourth-order valence-electron chi connectivity index (χ4n) is 8.02. The van der Waals surface area contributed by atoms with E-state index in [9.17, 15) is 29.1 Å². The molecule has 0 radical (unpaired) electrons. The van der Waals surface area contributed by atoms with Crippen LogP contribution in [0.5, 0.6) is 5.75 Å². The SMILES string of the molecule is C=CCc1cccc([C@H]2C3=CC[C@@H]4C(=O)N(CCCC(=O)O)C(=O)[C@@H]4[C@@H]3C[C@H]3C(=O)N(c4ccccc4)C(=O)[C@@]23C)c1O. The fraction of sp³-hybridized carbons (Fsp3) is 0.382. The number of fused-ring (bicyclic) bond motifs is 4. The van der Waals surface area contributed by atoms with E-state index >= 15 is 0 Å². The Bertz CT molecular complexity index is 1580. The molecular weight excluding hydrogens is 548 g/mol. The lowest BCUT2D eigenvalue weighted by atomic mass is 9.51. The number of benzene rings is 2. The molecule has 0 aromatic heterocycles. The normalized spacial score (nSPS) is 29.7. The molecule has 2 aliphatic carbocycles. The van der Waals surface area contributed by atoms with Gasteiger partial charge in [0, 0.05) is 24.4 Å². The Balaban J connectivity index is 1.47. The van der Waals surface area contributed by atoms with Crippen LogP contribution in [0.1, 0.15) is 49.7 Å². The molecule has 2 N–H and O–H groups in total. The molecule has 4 aliphatic rings. The third-order valence-corrected chi connectivity index (χ3v) is 9.98. The molecule has 222 valence electrons. The van der Waals surface area contributed by atoms with E-state index in [2.05, 4.69) is 6.58 Å². The largest absolute Gasteiger partial charge is 0.507 e. The number of phenols is 1. The predicted molar refractivity (Wildman–Crippen MR) is 157 cm³/mol. The summed E-state index contributed by atoms with van der Waals surface area (Å²) < 4.78 is 0. The maximum Gasteiger partial charge on any atom is 0.303 e. The van der Waals surface area contributed by atoms with Crippen molar-refractivity contribution in [2.24, 2.45) is 29.1 Å². The summed E-state index contributed by atoms with van der Waals surface area (Å²) in [5.41, 5.74) is 1.14. The second kappa shape index (κ2) is 10.6. The Kier molecular flexibility index (Phi) is 7.07. The zero-order valence-corrected chi connectivity index (χ0v) is 23.9. The Morgan fingerprint density at radius 2 is 1.77 bits per heavy atom. The minimum absolute atomic E-state index is 0.0210. The number of aromatic hydroxyl groups is 1. The molecule has 2 heterocycles. The van der Waals surface area contributed by atoms with Crippen molar-refractivity contribution in [1.29, 1.82) is 0 Å². The van der Waals surface area contributed by atoms with Gasteiger partial charge < -0.3 is 10.2 Å². The van der Waals surface area contributed by atoms with Gasteiger partial charge in [0.25, 0.3) is 0 Å². The second-order valence-electron chi connectivity index (χ2n) is 12.2. The summed E-state index contributed by atoms with van der Waals surface area (Å²) in [6.07, 6.45) is 4.51. The minimum atomic E-state index is -1.25. The monoisotopic (exact) mass is 582 g/mol. The second-order valence-corrected chi connectivity index (χ2v) is 12.2. The van der Waals surface area contributed by atoms with Gasteiger partial charge in [-0.3, -0.25) is 28.9 Å². The first kappa shape index (κ1) is 28.6. The zero-order valence-electron chi connectivity index (χ0n) is 23.9. The standard InChI is InChI=1S/C34H34N2O7/c1-3-9-19-10-7-13-23(29(19)39)28-21-15-16-22-27(32(42)35(30(22)40)17-8-14-26(37)38)24(21)18-25-31(41)36(33(43)34(25,28)2)20-11-5-4-6-12-20/h3-7,10-13,15,22,24-25,27-28,39H,1,8-9,14,16-18H2,2H3,(H,37,38)/t22-,24+,25-,27-,28+,34+/m0/s1. The molecule has 9 heteroatoms. The number of imide groups is 2. The number of allylic oxidation sites excluding steroid dienone is 3. The quantitative estimate of drug-likeness (QED) is 0.352. The predicted octanol–water partition coefficient (Wildman–Crippen LogP) is 4.22. The van der Waals surface area contributed by atoms with Crippen LogP contribution in [0.25, 0.3) is 0 Å². The number of amides is 4. The zero-order chi connectivity index (χ0) is 30.6. The number of hydrogen-bond acceptors (Lipinski definition) is 6.